The zero-order valence-electron chi connectivity index (χ0n) is 11.8. The van der Waals surface area contributed by atoms with Gasteiger partial charge in [0.25, 0.3) is 0 Å². The number of nitrogens with one attached hydrogen (secondary N) is 1. The molecule has 5 nitrogen and oxygen atoms in total. The number of aryl methyl sites for hydroxylation is 1. The highest BCUT2D eigenvalue weighted by Gasteiger charge is 2.22. The Kier molecular flexibility index (Phi) is 5.77. The molecule has 1 rings (SSSR count). The zero-order chi connectivity index (χ0) is 15.1. The van der Waals surface area contributed by atoms with Gasteiger partial charge in [0.15, 0.2) is 0 Å². The van der Waals surface area contributed by atoms with Crippen molar-refractivity contribution in [2.24, 2.45) is 0 Å². The largest absolute Gasteiger partial charge is 0.480 e. The summed E-state index contributed by atoms with van der Waals surface area (Å²) in [5.41, 5.74) is 1.78. The predicted octanol–water partition coefficient (Wildman–Crippen LogP) is 2.56. The van der Waals surface area contributed by atoms with Crippen molar-refractivity contribution in [3.8, 4) is 0 Å². The first-order chi connectivity index (χ1) is 9.49. The predicted molar refractivity (Wildman–Crippen MR) is 79.0 cm³/mol. The van der Waals surface area contributed by atoms with Gasteiger partial charge in [-0.2, -0.15) is 0 Å². The number of carbonyl (C=O) groups is 2. The van der Waals surface area contributed by atoms with Crippen LogP contribution in [0.3, 0.4) is 0 Å². The SMILES string of the molecule is C=CCC(NC(=O)N(CC)c1cccc(C)c1)C(=O)O. The molecule has 1 atom stereocenters. The summed E-state index contributed by atoms with van der Waals surface area (Å²) in [5, 5.41) is 11.5. The average Bonchev–Trinajstić information content (AvgIpc) is 2.39. The van der Waals surface area contributed by atoms with Crippen LogP contribution < -0.4 is 10.2 Å². The van der Waals surface area contributed by atoms with Crippen molar-refractivity contribution in [2.45, 2.75) is 26.3 Å². The molecule has 108 valence electrons. The van der Waals surface area contributed by atoms with E-state index in [1.807, 2.05) is 38.1 Å². The molecule has 1 aromatic rings. The lowest BCUT2D eigenvalue weighted by molar-refractivity contribution is -0.139. The van der Waals surface area contributed by atoms with E-state index in [2.05, 4.69) is 11.9 Å². The van der Waals surface area contributed by atoms with E-state index in [4.69, 9.17) is 5.11 Å². The molecule has 20 heavy (non-hydrogen) atoms. The van der Waals surface area contributed by atoms with E-state index in [0.717, 1.165) is 11.3 Å². The average molecular weight is 276 g/mol. The lowest BCUT2D eigenvalue weighted by atomic mass is 10.2. The Morgan fingerprint density at radius 1 is 1.50 bits per heavy atom. The number of hydrogen-bond acceptors (Lipinski definition) is 2. The normalized spacial score (nSPS) is 11.5. The number of benzene rings is 1. The second kappa shape index (κ2) is 7.33. The summed E-state index contributed by atoms with van der Waals surface area (Å²) in [6.45, 7) is 7.73. The second-order valence-electron chi connectivity index (χ2n) is 4.45. The molecule has 0 fully saturated rings. The van der Waals surface area contributed by atoms with E-state index >= 15 is 0 Å². The van der Waals surface area contributed by atoms with Crippen LogP contribution in [0, 0.1) is 6.92 Å². The molecule has 0 saturated heterocycles. The first-order valence-corrected chi connectivity index (χ1v) is 6.48. The van der Waals surface area contributed by atoms with Gasteiger partial charge in [0, 0.05) is 12.2 Å². The van der Waals surface area contributed by atoms with Crippen LogP contribution in [0.4, 0.5) is 10.5 Å². The first kappa shape index (κ1) is 15.8. The molecule has 0 aliphatic heterocycles. The molecule has 1 unspecified atom stereocenters. The molecule has 0 heterocycles. The number of rotatable bonds is 6. The maximum absolute atomic E-state index is 12.2. The molecule has 0 aliphatic rings. The monoisotopic (exact) mass is 276 g/mol. The van der Waals surface area contributed by atoms with Crippen LogP contribution in [0.1, 0.15) is 18.9 Å². The topological polar surface area (TPSA) is 69.6 Å². The van der Waals surface area contributed by atoms with E-state index in [1.54, 1.807) is 0 Å². The third-order valence-corrected chi connectivity index (χ3v) is 2.87. The Bertz CT molecular complexity index is 500. The van der Waals surface area contributed by atoms with Gasteiger partial charge < -0.3 is 10.4 Å². The lowest BCUT2D eigenvalue weighted by Crippen LogP contribution is -2.48. The molecular formula is C15H20N2O3. The summed E-state index contributed by atoms with van der Waals surface area (Å²) in [4.78, 5) is 24.7. The number of urea groups is 1. The fourth-order valence-electron chi connectivity index (χ4n) is 1.85. The first-order valence-electron chi connectivity index (χ1n) is 6.48. The van der Waals surface area contributed by atoms with E-state index in [0.29, 0.717) is 6.54 Å². The number of nitrogens with zero attached hydrogens (tertiary/aromatic N) is 1. The van der Waals surface area contributed by atoms with Crippen molar-refractivity contribution < 1.29 is 14.7 Å². The van der Waals surface area contributed by atoms with Crippen LogP contribution in [0.15, 0.2) is 36.9 Å². The van der Waals surface area contributed by atoms with Gasteiger partial charge in [0.1, 0.15) is 6.04 Å². The fraction of sp³-hybridized carbons (Fsp3) is 0.333. The van der Waals surface area contributed by atoms with E-state index in [-0.39, 0.29) is 6.42 Å². The van der Waals surface area contributed by atoms with Crippen molar-refractivity contribution in [2.75, 3.05) is 11.4 Å². The van der Waals surface area contributed by atoms with Crippen molar-refractivity contribution in [3.63, 3.8) is 0 Å². The van der Waals surface area contributed by atoms with Crippen LogP contribution in [-0.4, -0.2) is 29.7 Å². The van der Waals surface area contributed by atoms with Crippen molar-refractivity contribution in [1.29, 1.82) is 0 Å². The number of carboxylic acids is 1. The third kappa shape index (κ3) is 4.12. The zero-order valence-corrected chi connectivity index (χ0v) is 11.8. The minimum atomic E-state index is -1.07. The number of hydrogen-bond donors (Lipinski definition) is 2. The van der Waals surface area contributed by atoms with Gasteiger partial charge >= 0.3 is 12.0 Å². The Labute approximate surface area is 118 Å². The van der Waals surface area contributed by atoms with E-state index < -0.39 is 18.0 Å². The molecular weight excluding hydrogens is 256 g/mol. The molecule has 0 spiro atoms. The van der Waals surface area contributed by atoms with E-state index in [1.165, 1.54) is 11.0 Å². The van der Waals surface area contributed by atoms with Crippen LogP contribution in [0.5, 0.6) is 0 Å². The maximum Gasteiger partial charge on any atom is 0.326 e. The standard InChI is InChI=1S/C15H20N2O3/c1-4-7-13(14(18)19)16-15(20)17(5-2)12-9-6-8-11(3)10-12/h4,6,8-10,13H,1,5,7H2,2-3H3,(H,16,20)(H,18,19). The second-order valence-corrected chi connectivity index (χ2v) is 4.45. The summed E-state index contributed by atoms with van der Waals surface area (Å²) >= 11 is 0. The van der Waals surface area contributed by atoms with Gasteiger partial charge in [0.2, 0.25) is 0 Å². The minimum Gasteiger partial charge on any atom is -0.480 e. The van der Waals surface area contributed by atoms with Gasteiger partial charge in [-0.3, -0.25) is 4.90 Å². The number of anilines is 1. The third-order valence-electron chi connectivity index (χ3n) is 2.87. The Balaban J connectivity index is 2.86. The number of carboxylic acid groups (broad SMARTS) is 1. The lowest BCUT2D eigenvalue weighted by Gasteiger charge is -2.24. The van der Waals surface area contributed by atoms with Gasteiger partial charge in [0.05, 0.1) is 0 Å². The quantitative estimate of drug-likeness (QED) is 0.784. The molecule has 0 bridgehead atoms. The number of amides is 2. The Morgan fingerprint density at radius 3 is 2.70 bits per heavy atom. The molecule has 0 radical (unpaired) electrons. The van der Waals surface area contributed by atoms with Crippen molar-refractivity contribution in [1.82, 2.24) is 5.32 Å². The summed E-state index contributed by atoms with van der Waals surface area (Å²) in [5.74, 6) is -1.07. The summed E-state index contributed by atoms with van der Waals surface area (Å²) in [7, 11) is 0. The molecule has 0 aliphatic carbocycles. The van der Waals surface area contributed by atoms with Crippen molar-refractivity contribution in [3.05, 3.63) is 42.5 Å². The summed E-state index contributed by atoms with van der Waals surface area (Å²) in [6.07, 6.45) is 1.66. The van der Waals surface area contributed by atoms with Gasteiger partial charge in [-0.05, 0) is 38.0 Å². The van der Waals surface area contributed by atoms with Crippen LogP contribution in [0.2, 0.25) is 0 Å². The summed E-state index contributed by atoms with van der Waals surface area (Å²) in [6, 6.07) is 6.11. The maximum atomic E-state index is 12.2. The molecule has 5 heteroatoms. The fourth-order valence-corrected chi connectivity index (χ4v) is 1.85. The van der Waals surface area contributed by atoms with Gasteiger partial charge in [-0.15, -0.1) is 6.58 Å². The smallest absolute Gasteiger partial charge is 0.326 e. The molecule has 0 aromatic heterocycles. The van der Waals surface area contributed by atoms with Gasteiger partial charge in [-0.25, -0.2) is 9.59 Å². The van der Waals surface area contributed by atoms with E-state index in [9.17, 15) is 9.59 Å². The van der Waals surface area contributed by atoms with Crippen molar-refractivity contribution >= 4 is 17.7 Å². The number of aliphatic carboxylic acids is 1. The summed E-state index contributed by atoms with van der Waals surface area (Å²) < 4.78 is 0. The number of carbonyl (C=O) groups excluding carboxylic acids is 1. The molecule has 2 N–H and O–H groups in total. The van der Waals surface area contributed by atoms with Crippen LogP contribution in [0.25, 0.3) is 0 Å². The highest BCUT2D eigenvalue weighted by molar-refractivity contribution is 5.94. The molecule has 0 saturated carbocycles. The van der Waals surface area contributed by atoms with Crippen LogP contribution >= 0.6 is 0 Å². The molecule has 1 aromatic carbocycles. The van der Waals surface area contributed by atoms with Crippen LogP contribution in [-0.2, 0) is 4.79 Å². The Hall–Kier alpha value is -2.30. The Morgan fingerprint density at radius 2 is 2.20 bits per heavy atom. The highest BCUT2D eigenvalue weighted by Crippen LogP contribution is 2.16. The highest BCUT2D eigenvalue weighted by atomic mass is 16.4. The molecule has 2 amide bonds. The minimum absolute atomic E-state index is 0.187. The van der Waals surface area contributed by atoms with Gasteiger partial charge in [-0.1, -0.05) is 18.2 Å².